The van der Waals surface area contributed by atoms with Gasteiger partial charge in [0.25, 0.3) is 5.91 Å². The molecule has 3 rings (SSSR count). The fourth-order valence-electron chi connectivity index (χ4n) is 2.88. The van der Waals surface area contributed by atoms with Gasteiger partial charge >= 0.3 is 0 Å². The number of piperidine rings is 1. The maximum Gasteiger partial charge on any atom is 0.263 e. The third-order valence-corrected chi connectivity index (χ3v) is 6.02. The molecule has 1 aromatic carbocycles. The van der Waals surface area contributed by atoms with Crippen LogP contribution in [0.25, 0.3) is 10.1 Å². The number of benzene rings is 1. The molecule has 0 atom stereocenters. The molecule has 1 amide bonds. The van der Waals surface area contributed by atoms with Gasteiger partial charge in [-0.3, -0.25) is 4.79 Å². The predicted molar refractivity (Wildman–Crippen MR) is 94.2 cm³/mol. The molecule has 0 bridgehead atoms. The normalized spacial score (nSPS) is 17.0. The van der Waals surface area contributed by atoms with Crippen molar-refractivity contribution in [3.63, 3.8) is 0 Å². The lowest BCUT2D eigenvalue weighted by atomic mass is 10.1. The number of rotatable bonds is 3. The Morgan fingerprint density at radius 3 is 2.82 bits per heavy atom. The number of carbonyl (C=O) groups excluding carboxylic acids is 1. The van der Waals surface area contributed by atoms with Crippen LogP contribution in [0, 0.1) is 0 Å². The molecule has 1 fully saturated rings. The van der Waals surface area contributed by atoms with Crippen molar-refractivity contribution in [3.8, 4) is 0 Å². The van der Waals surface area contributed by atoms with Gasteiger partial charge in [0, 0.05) is 16.1 Å². The first-order valence-electron chi connectivity index (χ1n) is 7.78. The van der Waals surface area contributed by atoms with Gasteiger partial charge < -0.3 is 10.2 Å². The number of halogens is 1. The largest absolute Gasteiger partial charge is 0.348 e. The number of carbonyl (C=O) groups is 1. The summed E-state index contributed by atoms with van der Waals surface area (Å²) in [7, 11) is 2.12. The van der Waals surface area contributed by atoms with Crippen LogP contribution in [-0.4, -0.2) is 37.0 Å². The van der Waals surface area contributed by atoms with E-state index < -0.39 is 0 Å². The Kier molecular flexibility index (Phi) is 4.71. The average molecular weight is 337 g/mol. The number of fused-ring (bicyclic) bond motifs is 1. The first-order chi connectivity index (χ1) is 10.6. The number of hydrogen-bond acceptors (Lipinski definition) is 3. The minimum absolute atomic E-state index is 0.0289. The fourth-order valence-corrected chi connectivity index (χ4v) is 4.36. The fraction of sp³-hybridized carbons (Fsp3) is 0.471. The number of hydrogen-bond donors (Lipinski definition) is 1. The highest BCUT2D eigenvalue weighted by Gasteiger charge is 2.22. The predicted octanol–water partition coefficient (Wildman–Crippen LogP) is 3.94. The summed E-state index contributed by atoms with van der Waals surface area (Å²) >= 11 is 7.93. The number of amides is 1. The monoisotopic (exact) mass is 336 g/mol. The maximum atomic E-state index is 12.5. The molecule has 0 radical (unpaired) electrons. The highest BCUT2D eigenvalue weighted by molar-refractivity contribution is 7.21. The molecule has 0 aliphatic carbocycles. The number of likely N-dealkylation sites (tertiary alicyclic amines) is 1. The Bertz CT molecular complexity index is 689. The Morgan fingerprint density at radius 2 is 2.14 bits per heavy atom. The van der Waals surface area contributed by atoms with Crippen LogP contribution in [0.5, 0.6) is 0 Å². The molecule has 2 aromatic rings. The van der Waals surface area contributed by atoms with Crippen LogP contribution in [0.2, 0.25) is 5.02 Å². The van der Waals surface area contributed by atoms with Crippen molar-refractivity contribution in [2.24, 2.45) is 0 Å². The van der Waals surface area contributed by atoms with E-state index in [-0.39, 0.29) is 11.9 Å². The molecule has 1 saturated heterocycles. The van der Waals surface area contributed by atoms with Gasteiger partial charge in [0.1, 0.15) is 4.88 Å². The van der Waals surface area contributed by atoms with Crippen LogP contribution < -0.4 is 5.32 Å². The van der Waals surface area contributed by atoms with Crippen molar-refractivity contribution in [1.82, 2.24) is 10.2 Å². The minimum atomic E-state index is -0.0289. The Balaban J connectivity index is 1.80. The molecule has 22 heavy (non-hydrogen) atoms. The summed E-state index contributed by atoms with van der Waals surface area (Å²) in [6, 6.07) is 6.51. The second-order valence-electron chi connectivity index (χ2n) is 5.98. The molecule has 1 aliphatic heterocycles. The molecule has 3 nitrogen and oxygen atoms in total. The van der Waals surface area contributed by atoms with E-state index in [0.29, 0.717) is 9.90 Å². The number of thiophene rings is 1. The zero-order valence-electron chi connectivity index (χ0n) is 13.0. The quantitative estimate of drug-likeness (QED) is 0.920. The SMILES string of the molecule is CCc1ccc2c(Cl)c(C(=O)NC3CCN(C)CC3)sc2c1. The van der Waals surface area contributed by atoms with Crippen LogP contribution in [0.4, 0.5) is 0 Å². The van der Waals surface area contributed by atoms with Gasteiger partial charge in [0.2, 0.25) is 0 Å². The molecule has 118 valence electrons. The van der Waals surface area contributed by atoms with Gasteiger partial charge in [-0.1, -0.05) is 30.7 Å². The lowest BCUT2D eigenvalue weighted by molar-refractivity contribution is 0.0921. The Labute approximate surface area is 140 Å². The third-order valence-electron chi connectivity index (χ3n) is 4.36. The summed E-state index contributed by atoms with van der Waals surface area (Å²) in [5.74, 6) is -0.0289. The Morgan fingerprint density at radius 1 is 1.41 bits per heavy atom. The molecular formula is C17H21ClN2OS. The maximum absolute atomic E-state index is 12.5. The molecule has 1 aliphatic rings. The van der Waals surface area contributed by atoms with Gasteiger partial charge in [-0.2, -0.15) is 0 Å². The summed E-state index contributed by atoms with van der Waals surface area (Å²) in [5, 5.41) is 4.72. The molecular weight excluding hydrogens is 316 g/mol. The van der Waals surface area contributed by atoms with Crippen molar-refractivity contribution in [2.45, 2.75) is 32.2 Å². The zero-order valence-corrected chi connectivity index (χ0v) is 14.6. The number of nitrogens with zero attached hydrogens (tertiary/aromatic N) is 1. The third kappa shape index (κ3) is 3.14. The second kappa shape index (κ2) is 6.57. The molecule has 5 heteroatoms. The minimum Gasteiger partial charge on any atom is -0.348 e. The molecule has 0 spiro atoms. The van der Waals surface area contributed by atoms with E-state index in [4.69, 9.17) is 11.6 Å². The molecule has 2 heterocycles. The van der Waals surface area contributed by atoms with E-state index in [2.05, 4.69) is 36.3 Å². The number of aryl methyl sites for hydroxylation is 1. The standard InChI is InChI=1S/C17H21ClN2OS/c1-3-11-4-5-13-14(10-11)22-16(15(13)18)17(21)19-12-6-8-20(2)9-7-12/h4-5,10,12H,3,6-9H2,1-2H3,(H,19,21). The van der Waals surface area contributed by atoms with E-state index in [1.54, 1.807) is 0 Å². The van der Waals surface area contributed by atoms with Crippen molar-refractivity contribution >= 4 is 38.9 Å². The topological polar surface area (TPSA) is 32.3 Å². The van der Waals surface area contributed by atoms with Gasteiger partial charge in [-0.15, -0.1) is 11.3 Å². The van der Waals surface area contributed by atoms with Gasteiger partial charge in [-0.25, -0.2) is 0 Å². The number of nitrogens with one attached hydrogen (secondary N) is 1. The van der Waals surface area contributed by atoms with Gasteiger partial charge in [0.05, 0.1) is 5.02 Å². The van der Waals surface area contributed by atoms with Crippen LogP contribution in [0.15, 0.2) is 18.2 Å². The molecule has 1 N–H and O–H groups in total. The first kappa shape index (κ1) is 15.8. The summed E-state index contributed by atoms with van der Waals surface area (Å²) in [4.78, 5) is 15.5. The van der Waals surface area contributed by atoms with Crippen LogP contribution >= 0.6 is 22.9 Å². The average Bonchev–Trinajstić information content (AvgIpc) is 2.86. The van der Waals surface area contributed by atoms with Crippen LogP contribution in [0.3, 0.4) is 0 Å². The van der Waals surface area contributed by atoms with Crippen molar-refractivity contribution in [1.29, 1.82) is 0 Å². The lowest BCUT2D eigenvalue weighted by Gasteiger charge is -2.29. The van der Waals surface area contributed by atoms with Crippen LogP contribution in [0.1, 0.15) is 35.0 Å². The van der Waals surface area contributed by atoms with Crippen molar-refractivity contribution in [2.75, 3.05) is 20.1 Å². The molecule has 0 unspecified atom stereocenters. The van der Waals surface area contributed by atoms with E-state index in [1.165, 1.54) is 16.9 Å². The van der Waals surface area contributed by atoms with Gasteiger partial charge in [0.15, 0.2) is 0 Å². The summed E-state index contributed by atoms with van der Waals surface area (Å²) in [6.07, 6.45) is 3.00. The van der Waals surface area contributed by atoms with Crippen LogP contribution in [-0.2, 0) is 6.42 Å². The van der Waals surface area contributed by atoms with E-state index in [1.807, 2.05) is 6.07 Å². The smallest absolute Gasteiger partial charge is 0.263 e. The van der Waals surface area contributed by atoms with E-state index in [0.717, 1.165) is 42.4 Å². The first-order valence-corrected chi connectivity index (χ1v) is 8.98. The second-order valence-corrected chi connectivity index (χ2v) is 7.41. The summed E-state index contributed by atoms with van der Waals surface area (Å²) in [6.45, 7) is 4.19. The van der Waals surface area contributed by atoms with Crippen molar-refractivity contribution in [3.05, 3.63) is 33.7 Å². The highest BCUT2D eigenvalue weighted by atomic mass is 35.5. The van der Waals surface area contributed by atoms with E-state index >= 15 is 0 Å². The Hall–Kier alpha value is -1.10. The highest BCUT2D eigenvalue weighted by Crippen LogP contribution is 2.36. The summed E-state index contributed by atoms with van der Waals surface area (Å²) < 4.78 is 1.10. The lowest BCUT2D eigenvalue weighted by Crippen LogP contribution is -2.43. The zero-order chi connectivity index (χ0) is 15.7. The molecule has 1 aromatic heterocycles. The van der Waals surface area contributed by atoms with Gasteiger partial charge in [-0.05, 0) is 51.0 Å². The molecule has 0 saturated carbocycles. The van der Waals surface area contributed by atoms with Crippen molar-refractivity contribution < 1.29 is 4.79 Å². The van der Waals surface area contributed by atoms with E-state index in [9.17, 15) is 4.79 Å². The summed E-state index contributed by atoms with van der Waals surface area (Å²) in [5.41, 5.74) is 1.27.